The van der Waals surface area contributed by atoms with Gasteiger partial charge in [-0.15, -0.1) is 0 Å². The van der Waals surface area contributed by atoms with E-state index in [0.717, 1.165) is 25.8 Å². The lowest BCUT2D eigenvalue weighted by molar-refractivity contribution is -0.139. The van der Waals surface area contributed by atoms with Crippen LogP contribution in [0.2, 0.25) is 0 Å². The number of unbranched alkanes of at least 4 members (excludes halogenated alkanes) is 1. The van der Waals surface area contributed by atoms with Crippen molar-refractivity contribution >= 4 is 17.8 Å². The van der Waals surface area contributed by atoms with Gasteiger partial charge in [0, 0.05) is 24.1 Å². The highest BCUT2D eigenvalue weighted by molar-refractivity contribution is 5.87. The molecule has 1 aliphatic rings. The molecule has 25 heavy (non-hydrogen) atoms. The summed E-state index contributed by atoms with van der Waals surface area (Å²) >= 11 is 0. The molecular weight excluding hydrogens is 322 g/mol. The monoisotopic (exact) mass is 353 g/mol. The van der Waals surface area contributed by atoms with Gasteiger partial charge in [0.2, 0.25) is 5.91 Å². The van der Waals surface area contributed by atoms with Crippen molar-refractivity contribution in [2.24, 2.45) is 0 Å². The lowest BCUT2D eigenvalue weighted by atomic mass is 10.3. The third-order valence-electron chi connectivity index (χ3n) is 2.94. The van der Waals surface area contributed by atoms with E-state index in [1.165, 1.54) is 7.11 Å². The van der Waals surface area contributed by atoms with Crippen LogP contribution in [0.4, 0.5) is 0 Å². The predicted molar refractivity (Wildman–Crippen MR) is 98.7 cm³/mol. The number of amides is 1. The Morgan fingerprint density at radius 3 is 2.00 bits per heavy atom. The van der Waals surface area contributed by atoms with Crippen LogP contribution in [0.1, 0.15) is 46.5 Å². The van der Waals surface area contributed by atoms with Crippen molar-refractivity contribution in [1.29, 1.82) is 0 Å². The third kappa shape index (κ3) is 13.7. The Morgan fingerprint density at radius 2 is 1.76 bits per heavy atom. The largest absolute Gasteiger partial charge is 0.466 e. The molecule has 0 aliphatic carbocycles. The number of carbonyl (C=O) groups is 3. The van der Waals surface area contributed by atoms with E-state index in [0.29, 0.717) is 24.2 Å². The van der Waals surface area contributed by atoms with Gasteiger partial charge in [0.15, 0.2) is 0 Å². The number of likely N-dealkylation sites (tertiary alicyclic amines) is 1. The Bertz CT molecular complexity index is 482. The highest BCUT2D eigenvalue weighted by atomic mass is 16.5. The average Bonchev–Trinajstić information content (AvgIpc) is 3.00. The van der Waals surface area contributed by atoms with E-state index in [1.807, 2.05) is 0 Å². The molecule has 0 N–H and O–H groups in total. The van der Waals surface area contributed by atoms with Gasteiger partial charge in [0.05, 0.1) is 13.7 Å². The summed E-state index contributed by atoms with van der Waals surface area (Å²) in [6, 6.07) is 0. The number of methoxy groups -OCH3 is 1. The quantitative estimate of drug-likeness (QED) is 0.416. The van der Waals surface area contributed by atoms with Crippen molar-refractivity contribution in [2.75, 3.05) is 20.3 Å². The van der Waals surface area contributed by atoms with Crippen LogP contribution in [0.25, 0.3) is 0 Å². The summed E-state index contributed by atoms with van der Waals surface area (Å²) in [6.07, 6.45) is 5.26. The zero-order chi connectivity index (χ0) is 19.8. The van der Waals surface area contributed by atoms with Crippen LogP contribution in [-0.4, -0.2) is 43.0 Å². The van der Waals surface area contributed by atoms with E-state index in [-0.39, 0.29) is 17.8 Å². The molecular formula is C19H31NO5. The van der Waals surface area contributed by atoms with Crippen molar-refractivity contribution in [3.05, 3.63) is 37.1 Å². The minimum absolute atomic E-state index is 0.208. The Morgan fingerprint density at radius 1 is 1.20 bits per heavy atom. The molecule has 0 aromatic heterocycles. The smallest absolute Gasteiger partial charge is 0.333 e. The molecule has 6 nitrogen and oxygen atoms in total. The Balaban J connectivity index is 0. The number of rotatable bonds is 6. The number of hydrogen-bond acceptors (Lipinski definition) is 5. The summed E-state index contributed by atoms with van der Waals surface area (Å²) in [6.45, 7) is 17.0. The molecule has 0 spiro atoms. The summed E-state index contributed by atoms with van der Waals surface area (Å²) in [5.41, 5.74) is 0.901. The second kappa shape index (κ2) is 15.2. The maximum atomic E-state index is 10.7. The van der Waals surface area contributed by atoms with Crippen molar-refractivity contribution in [1.82, 2.24) is 4.90 Å². The minimum Gasteiger partial charge on any atom is -0.466 e. The fourth-order valence-electron chi connectivity index (χ4n) is 1.47. The van der Waals surface area contributed by atoms with Gasteiger partial charge in [0.25, 0.3) is 0 Å². The number of nitrogens with zero attached hydrogens (tertiary/aromatic N) is 1. The van der Waals surface area contributed by atoms with Crippen molar-refractivity contribution < 1.29 is 23.9 Å². The second-order valence-corrected chi connectivity index (χ2v) is 5.41. The number of esters is 2. The third-order valence-corrected chi connectivity index (χ3v) is 2.94. The first kappa shape index (κ1) is 24.9. The fourth-order valence-corrected chi connectivity index (χ4v) is 1.47. The topological polar surface area (TPSA) is 72.9 Å². The molecule has 0 saturated carbocycles. The molecule has 142 valence electrons. The average molecular weight is 353 g/mol. The first-order valence-corrected chi connectivity index (χ1v) is 8.19. The van der Waals surface area contributed by atoms with Crippen molar-refractivity contribution in [2.45, 2.75) is 46.5 Å². The standard InChI is InChI=1S/C8H14O2.C6H9NO.C5H8O2/c1-4-5-6-10-8(9)7(2)3;1-2-7-5-3-4-6(7)8;1-4(2)5(6)7-3/h2,4-6H2,1,3H3;2H,1,3-5H2;1H2,2-3H3. The van der Waals surface area contributed by atoms with Gasteiger partial charge >= 0.3 is 11.9 Å². The normalized spacial score (nSPS) is 12.0. The number of carbonyl (C=O) groups excluding carboxylic acids is 3. The van der Waals surface area contributed by atoms with Gasteiger partial charge < -0.3 is 14.4 Å². The van der Waals surface area contributed by atoms with Gasteiger partial charge in [-0.05, 0) is 32.9 Å². The summed E-state index contributed by atoms with van der Waals surface area (Å²) in [7, 11) is 1.33. The molecule has 0 aromatic rings. The van der Waals surface area contributed by atoms with E-state index in [2.05, 4.69) is 31.4 Å². The fraction of sp³-hybridized carbons (Fsp3) is 0.526. The van der Waals surface area contributed by atoms with Crippen LogP contribution in [0.5, 0.6) is 0 Å². The zero-order valence-electron chi connectivity index (χ0n) is 15.9. The number of ether oxygens (including phenoxy) is 2. The molecule has 0 unspecified atom stereocenters. The maximum absolute atomic E-state index is 10.7. The van der Waals surface area contributed by atoms with Crippen molar-refractivity contribution in [3.8, 4) is 0 Å². The molecule has 0 bridgehead atoms. The molecule has 1 aliphatic heterocycles. The first-order chi connectivity index (χ1) is 11.7. The first-order valence-electron chi connectivity index (χ1n) is 8.19. The van der Waals surface area contributed by atoms with Crippen LogP contribution in [0.3, 0.4) is 0 Å². The van der Waals surface area contributed by atoms with Gasteiger partial charge in [-0.2, -0.15) is 0 Å². The molecule has 1 fully saturated rings. The summed E-state index contributed by atoms with van der Waals surface area (Å²) in [4.78, 5) is 33.2. The predicted octanol–water partition coefficient (Wildman–Crippen LogP) is 3.39. The lowest BCUT2D eigenvalue weighted by Gasteiger charge is -2.05. The molecule has 1 heterocycles. The Kier molecular flexibility index (Phi) is 15.1. The highest BCUT2D eigenvalue weighted by Crippen LogP contribution is 2.08. The summed E-state index contributed by atoms with van der Waals surface area (Å²) in [5, 5.41) is 0. The SMILES string of the molecule is C=C(C)C(=O)OC.C=C(C)C(=O)OCCCC.C=CN1CCCC1=O. The molecule has 0 radical (unpaired) electrons. The van der Waals surface area contributed by atoms with Gasteiger partial charge in [0.1, 0.15) is 0 Å². The van der Waals surface area contributed by atoms with Crippen LogP contribution >= 0.6 is 0 Å². The molecule has 0 atom stereocenters. The summed E-state index contributed by atoms with van der Waals surface area (Å²) < 4.78 is 9.08. The van der Waals surface area contributed by atoms with E-state index >= 15 is 0 Å². The maximum Gasteiger partial charge on any atom is 0.333 e. The molecule has 1 rings (SSSR count). The van der Waals surface area contributed by atoms with Gasteiger partial charge in [-0.1, -0.05) is 33.1 Å². The van der Waals surface area contributed by atoms with Crippen LogP contribution in [0, 0.1) is 0 Å². The number of hydrogen-bond donors (Lipinski definition) is 0. The lowest BCUT2D eigenvalue weighted by Crippen LogP contribution is -2.16. The summed E-state index contributed by atoms with van der Waals surface area (Å²) in [5.74, 6) is -0.423. The van der Waals surface area contributed by atoms with E-state index < -0.39 is 0 Å². The molecule has 1 amide bonds. The van der Waals surface area contributed by atoms with Gasteiger partial charge in [-0.25, -0.2) is 9.59 Å². The molecule has 1 saturated heterocycles. The zero-order valence-corrected chi connectivity index (χ0v) is 15.9. The Labute approximate surface area is 151 Å². The van der Waals surface area contributed by atoms with Crippen LogP contribution in [-0.2, 0) is 23.9 Å². The highest BCUT2D eigenvalue weighted by Gasteiger charge is 2.16. The minimum atomic E-state index is -0.347. The van der Waals surface area contributed by atoms with Crippen LogP contribution in [0.15, 0.2) is 37.1 Å². The Hall–Kier alpha value is -2.37. The van der Waals surface area contributed by atoms with E-state index in [9.17, 15) is 14.4 Å². The second-order valence-electron chi connectivity index (χ2n) is 5.41. The van der Waals surface area contributed by atoms with Crippen LogP contribution < -0.4 is 0 Å². The van der Waals surface area contributed by atoms with E-state index in [4.69, 9.17) is 4.74 Å². The van der Waals surface area contributed by atoms with Gasteiger partial charge in [-0.3, -0.25) is 4.79 Å². The van der Waals surface area contributed by atoms with E-state index in [1.54, 1.807) is 24.9 Å². The van der Waals surface area contributed by atoms with Crippen molar-refractivity contribution in [3.63, 3.8) is 0 Å². The molecule has 0 aromatic carbocycles. The molecule has 6 heteroatoms.